The summed E-state index contributed by atoms with van der Waals surface area (Å²) in [7, 11) is 0. The largest absolute Gasteiger partial charge is 0.352 e. The number of nitrogens with one attached hydrogen (secondary N) is 1. The molecule has 2 heterocycles. The number of imide groups is 1. The molecule has 0 spiro atoms. The normalized spacial score (nSPS) is 15.7. The van der Waals surface area contributed by atoms with Crippen molar-refractivity contribution in [2.24, 2.45) is 0 Å². The van der Waals surface area contributed by atoms with Crippen molar-refractivity contribution in [3.05, 3.63) is 70.3 Å². The average molecular weight is 442 g/mol. The molecule has 7 heteroatoms. The molecule has 0 saturated carbocycles. The van der Waals surface area contributed by atoms with Crippen LogP contribution in [0.2, 0.25) is 0 Å². The number of amides is 3. The summed E-state index contributed by atoms with van der Waals surface area (Å²) in [6.45, 7) is 6.08. The molecule has 0 unspecified atom stereocenters. The summed E-state index contributed by atoms with van der Waals surface area (Å²) < 4.78 is 0. The van der Waals surface area contributed by atoms with Gasteiger partial charge in [-0.1, -0.05) is 29.8 Å². The molecule has 0 aromatic heterocycles. The summed E-state index contributed by atoms with van der Waals surface area (Å²) in [6, 6.07) is 12.5. The van der Waals surface area contributed by atoms with Crippen molar-refractivity contribution in [2.75, 3.05) is 26.2 Å². The van der Waals surface area contributed by atoms with Gasteiger partial charge in [-0.2, -0.15) is 0 Å². The third kappa shape index (κ3) is 5.14. The highest BCUT2D eigenvalue weighted by atomic mass is 35.5. The SMILES string of the molecule is Cc1cccc(CN2C(=O)c3ccc(C(=O)NCCCN4CCCC4)cc3C2=O)c1.Cl. The zero-order valence-corrected chi connectivity index (χ0v) is 18.5. The van der Waals surface area contributed by atoms with Crippen molar-refractivity contribution >= 4 is 30.1 Å². The molecule has 1 N–H and O–H groups in total. The van der Waals surface area contributed by atoms with Gasteiger partial charge in [0.15, 0.2) is 0 Å². The lowest BCUT2D eigenvalue weighted by atomic mass is 10.1. The number of carbonyl (C=O) groups excluding carboxylic acids is 3. The van der Waals surface area contributed by atoms with E-state index in [2.05, 4.69) is 10.2 Å². The molecule has 164 valence electrons. The molecule has 0 atom stereocenters. The fourth-order valence-corrected chi connectivity index (χ4v) is 4.18. The number of fused-ring (bicyclic) bond motifs is 1. The van der Waals surface area contributed by atoms with Crippen molar-refractivity contribution in [2.45, 2.75) is 32.7 Å². The number of benzene rings is 2. The number of hydrogen-bond donors (Lipinski definition) is 1. The molecule has 4 rings (SSSR count). The lowest BCUT2D eigenvalue weighted by Gasteiger charge is -2.14. The van der Waals surface area contributed by atoms with E-state index < -0.39 is 0 Å². The van der Waals surface area contributed by atoms with Gasteiger partial charge in [0, 0.05) is 12.1 Å². The summed E-state index contributed by atoms with van der Waals surface area (Å²) in [6.07, 6.45) is 3.42. The van der Waals surface area contributed by atoms with Gasteiger partial charge in [0.05, 0.1) is 17.7 Å². The second-order valence-corrected chi connectivity index (χ2v) is 8.10. The van der Waals surface area contributed by atoms with E-state index in [1.807, 2.05) is 31.2 Å². The number of nitrogens with zero attached hydrogens (tertiary/aromatic N) is 2. The third-order valence-electron chi connectivity index (χ3n) is 5.79. The molecular weight excluding hydrogens is 414 g/mol. The van der Waals surface area contributed by atoms with E-state index in [0.717, 1.165) is 37.2 Å². The Balaban J connectivity index is 0.00000272. The maximum absolute atomic E-state index is 12.8. The molecule has 1 saturated heterocycles. The Morgan fingerprint density at radius 3 is 2.48 bits per heavy atom. The summed E-state index contributed by atoms with van der Waals surface area (Å²) in [5, 5.41) is 2.92. The van der Waals surface area contributed by atoms with E-state index in [9.17, 15) is 14.4 Å². The molecule has 3 amide bonds. The second-order valence-electron chi connectivity index (χ2n) is 8.10. The number of rotatable bonds is 7. The van der Waals surface area contributed by atoms with Crippen molar-refractivity contribution in [1.82, 2.24) is 15.1 Å². The molecule has 31 heavy (non-hydrogen) atoms. The Morgan fingerprint density at radius 2 is 1.74 bits per heavy atom. The van der Waals surface area contributed by atoms with E-state index in [0.29, 0.717) is 23.2 Å². The molecule has 0 radical (unpaired) electrons. The smallest absolute Gasteiger partial charge is 0.261 e. The zero-order valence-electron chi connectivity index (χ0n) is 17.7. The molecule has 6 nitrogen and oxygen atoms in total. The number of likely N-dealkylation sites (tertiary alicyclic amines) is 1. The first-order valence-electron chi connectivity index (χ1n) is 10.6. The first-order chi connectivity index (χ1) is 14.5. The van der Waals surface area contributed by atoms with Crippen LogP contribution in [0.15, 0.2) is 42.5 Å². The fraction of sp³-hybridized carbons (Fsp3) is 0.375. The minimum Gasteiger partial charge on any atom is -0.352 e. The Morgan fingerprint density at radius 1 is 1.00 bits per heavy atom. The first kappa shape index (κ1) is 23.0. The maximum atomic E-state index is 12.8. The zero-order chi connectivity index (χ0) is 21.1. The maximum Gasteiger partial charge on any atom is 0.261 e. The van der Waals surface area contributed by atoms with Crippen molar-refractivity contribution in [3.63, 3.8) is 0 Å². The highest BCUT2D eigenvalue weighted by Gasteiger charge is 2.36. The van der Waals surface area contributed by atoms with Gasteiger partial charge >= 0.3 is 0 Å². The number of halogens is 1. The van der Waals surface area contributed by atoms with Gasteiger partial charge in [-0.3, -0.25) is 19.3 Å². The number of hydrogen-bond acceptors (Lipinski definition) is 4. The summed E-state index contributed by atoms with van der Waals surface area (Å²) in [5.74, 6) is -0.870. The Labute approximate surface area is 189 Å². The van der Waals surface area contributed by atoms with Crippen LogP contribution in [0.4, 0.5) is 0 Å². The van der Waals surface area contributed by atoms with E-state index in [4.69, 9.17) is 0 Å². The second kappa shape index (κ2) is 10.1. The van der Waals surface area contributed by atoms with Crippen LogP contribution in [0.1, 0.15) is 61.5 Å². The summed E-state index contributed by atoms with van der Waals surface area (Å²) >= 11 is 0. The standard InChI is InChI=1S/C24H27N3O3.ClH/c1-17-6-4-7-18(14-17)16-27-23(29)20-9-8-19(15-21(20)24(27)30)22(28)25-10-5-13-26-11-2-3-12-26;/h4,6-9,14-15H,2-3,5,10-13,16H2,1H3,(H,25,28);1H. The molecule has 2 aliphatic heterocycles. The van der Waals surface area contributed by atoms with Crippen molar-refractivity contribution in [1.29, 1.82) is 0 Å². The van der Waals surface area contributed by atoms with Gasteiger partial charge in [-0.05, 0) is 69.6 Å². The highest BCUT2D eigenvalue weighted by Crippen LogP contribution is 2.26. The molecule has 2 aromatic carbocycles. The van der Waals surface area contributed by atoms with Gasteiger partial charge in [0.25, 0.3) is 17.7 Å². The van der Waals surface area contributed by atoms with E-state index >= 15 is 0 Å². The molecule has 1 fully saturated rings. The Hall–Kier alpha value is -2.70. The van der Waals surface area contributed by atoms with Crippen LogP contribution >= 0.6 is 12.4 Å². The quantitative estimate of drug-likeness (QED) is 0.528. The molecular formula is C24H28ClN3O3. The van der Waals surface area contributed by atoms with E-state index in [-0.39, 0.29) is 36.7 Å². The van der Waals surface area contributed by atoms with Crippen LogP contribution < -0.4 is 5.32 Å². The van der Waals surface area contributed by atoms with Crippen molar-refractivity contribution in [3.8, 4) is 0 Å². The van der Waals surface area contributed by atoms with Crippen LogP contribution in [0.25, 0.3) is 0 Å². The molecule has 0 bridgehead atoms. The van der Waals surface area contributed by atoms with Gasteiger partial charge < -0.3 is 10.2 Å². The van der Waals surface area contributed by atoms with Crippen LogP contribution in [-0.2, 0) is 6.54 Å². The summed E-state index contributed by atoms with van der Waals surface area (Å²) in [4.78, 5) is 41.7. The summed E-state index contributed by atoms with van der Waals surface area (Å²) in [5.41, 5.74) is 3.05. The van der Waals surface area contributed by atoms with Crippen LogP contribution in [0, 0.1) is 6.92 Å². The van der Waals surface area contributed by atoms with Crippen molar-refractivity contribution < 1.29 is 14.4 Å². The Kier molecular flexibility index (Phi) is 7.46. The average Bonchev–Trinajstić information content (AvgIpc) is 3.34. The van der Waals surface area contributed by atoms with Gasteiger partial charge in [0.1, 0.15) is 0 Å². The van der Waals surface area contributed by atoms with E-state index in [1.54, 1.807) is 18.2 Å². The highest BCUT2D eigenvalue weighted by molar-refractivity contribution is 6.22. The predicted octanol–water partition coefficient (Wildman–Crippen LogP) is 3.43. The van der Waals surface area contributed by atoms with Crippen LogP contribution in [-0.4, -0.2) is 53.7 Å². The monoisotopic (exact) mass is 441 g/mol. The van der Waals surface area contributed by atoms with Crippen LogP contribution in [0.5, 0.6) is 0 Å². The first-order valence-corrected chi connectivity index (χ1v) is 10.6. The predicted molar refractivity (Wildman–Crippen MR) is 122 cm³/mol. The van der Waals surface area contributed by atoms with Gasteiger partial charge in [-0.25, -0.2) is 0 Å². The number of aryl methyl sites for hydroxylation is 1. The molecule has 2 aliphatic rings. The van der Waals surface area contributed by atoms with Gasteiger partial charge in [0.2, 0.25) is 0 Å². The molecule has 0 aliphatic carbocycles. The van der Waals surface area contributed by atoms with Crippen LogP contribution in [0.3, 0.4) is 0 Å². The number of carbonyl (C=O) groups is 3. The third-order valence-corrected chi connectivity index (χ3v) is 5.79. The van der Waals surface area contributed by atoms with Gasteiger partial charge in [-0.15, -0.1) is 12.4 Å². The minimum atomic E-state index is -0.347. The van der Waals surface area contributed by atoms with E-state index in [1.165, 1.54) is 17.7 Å². The lowest BCUT2D eigenvalue weighted by molar-refractivity contribution is 0.0642. The Bertz CT molecular complexity index is 986. The topological polar surface area (TPSA) is 69.7 Å². The fourth-order valence-electron chi connectivity index (χ4n) is 4.18. The minimum absolute atomic E-state index is 0. The molecule has 2 aromatic rings. The lowest BCUT2D eigenvalue weighted by Crippen LogP contribution is -2.29.